The standard InChI is InChI=1S/C16H20N2O/c1-3-19-15-9-7-14(8-10-15)12-18-13(2)16-6-4-5-11-17-16/h4-11,13,18H,3,12H2,1-2H3/t13-/m0/s1. The summed E-state index contributed by atoms with van der Waals surface area (Å²) in [6, 6.07) is 14.4. The Kier molecular flexibility index (Phi) is 4.93. The Labute approximate surface area is 114 Å². The van der Waals surface area contributed by atoms with Crippen molar-refractivity contribution in [3.8, 4) is 5.75 Å². The minimum absolute atomic E-state index is 0.243. The summed E-state index contributed by atoms with van der Waals surface area (Å²) in [5.74, 6) is 0.920. The van der Waals surface area contributed by atoms with Crippen molar-refractivity contribution in [3.05, 3.63) is 59.9 Å². The molecule has 0 radical (unpaired) electrons. The molecule has 0 fully saturated rings. The number of hydrogen-bond acceptors (Lipinski definition) is 3. The zero-order valence-corrected chi connectivity index (χ0v) is 11.5. The van der Waals surface area contributed by atoms with Gasteiger partial charge in [-0.3, -0.25) is 4.98 Å². The van der Waals surface area contributed by atoms with E-state index in [9.17, 15) is 0 Å². The second kappa shape index (κ2) is 6.90. The predicted molar refractivity (Wildman–Crippen MR) is 77.1 cm³/mol. The molecule has 0 unspecified atom stereocenters. The third-order valence-electron chi connectivity index (χ3n) is 2.98. The zero-order valence-electron chi connectivity index (χ0n) is 11.5. The highest BCUT2D eigenvalue weighted by atomic mass is 16.5. The number of hydrogen-bond donors (Lipinski definition) is 1. The van der Waals surface area contributed by atoms with Crippen molar-refractivity contribution < 1.29 is 4.74 Å². The Balaban J connectivity index is 1.88. The molecule has 2 rings (SSSR count). The maximum atomic E-state index is 5.43. The fraction of sp³-hybridized carbons (Fsp3) is 0.312. The van der Waals surface area contributed by atoms with E-state index < -0.39 is 0 Å². The minimum atomic E-state index is 0.243. The van der Waals surface area contributed by atoms with Crippen LogP contribution in [0.25, 0.3) is 0 Å². The molecule has 1 atom stereocenters. The van der Waals surface area contributed by atoms with Gasteiger partial charge in [-0.2, -0.15) is 0 Å². The monoisotopic (exact) mass is 256 g/mol. The molecule has 0 aliphatic heterocycles. The number of ether oxygens (including phenoxy) is 1. The summed E-state index contributed by atoms with van der Waals surface area (Å²) in [5.41, 5.74) is 2.31. The summed E-state index contributed by atoms with van der Waals surface area (Å²) in [6.45, 7) is 5.64. The lowest BCUT2D eigenvalue weighted by molar-refractivity contribution is 0.340. The lowest BCUT2D eigenvalue weighted by Gasteiger charge is -2.13. The van der Waals surface area contributed by atoms with Crippen LogP contribution < -0.4 is 10.1 Å². The molecule has 0 amide bonds. The molecule has 2 aromatic rings. The Hall–Kier alpha value is -1.87. The van der Waals surface area contributed by atoms with E-state index in [0.717, 1.165) is 18.0 Å². The van der Waals surface area contributed by atoms with Gasteiger partial charge in [-0.25, -0.2) is 0 Å². The fourth-order valence-electron chi connectivity index (χ4n) is 1.88. The predicted octanol–water partition coefficient (Wildman–Crippen LogP) is 3.33. The number of nitrogens with one attached hydrogen (secondary N) is 1. The van der Waals surface area contributed by atoms with E-state index in [2.05, 4.69) is 29.4 Å². The number of nitrogens with zero attached hydrogens (tertiary/aromatic N) is 1. The number of aromatic nitrogens is 1. The van der Waals surface area contributed by atoms with Crippen LogP contribution in [0.5, 0.6) is 5.75 Å². The van der Waals surface area contributed by atoms with Gasteiger partial charge in [0, 0.05) is 18.8 Å². The molecule has 100 valence electrons. The van der Waals surface area contributed by atoms with Gasteiger partial charge >= 0.3 is 0 Å². The molecular formula is C16H20N2O. The molecule has 0 aliphatic rings. The smallest absolute Gasteiger partial charge is 0.119 e. The van der Waals surface area contributed by atoms with Gasteiger partial charge in [0.1, 0.15) is 5.75 Å². The molecule has 1 N–H and O–H groups in total. The van der Waals surface area contributed by atoms with Crippen LogP contribution in [-0.4, -0.2) is 11.6 Å². The fourth-order valence-corrected chi connectivity index (χ4v) is 1.88. The van der Waals surface area contributed by atoms with Gasteiger partial charge in [0.25, 0.3) is 0 Å². The van der Waals surface area contributed by atoms with E-state index in [0.29, 0.717) is 6.61 Å². The summed E-state index contributed by atoms with van der Waals surface area (Å²) in [5, 5.41) is 3.46. The first-order chi connectivity index (χ1) is 9.29. The van der Waals surface area contributed by atoms with E-state index in [4.69, 9.17) is 4.74 Å². The van der Waals surface area contributed by atoms with Crippen LogP contribution in [0.15, 0.2) is 48.7 Å². The lowest BCUT2D eigenvalue weighted by atomic mass is 10.1. The highest BCUT2D eigenvalue weighted by Gasteiger charge is 2.05. The first-order valence-electron chi connectivity index (χ1n) is 6.65. The van der Waals surface area contributed by atoms with Gasteiger partial charge in [-0.15, -0.1) is 0 Å². The highest BCUT2D eigenvalue weighted by molar-refractivity contribution is 5.27. The molecule has 1 aromatic carbocycles. The van der Waals surface area contributed by atoms with Gasteiger partial charge in [-0.05, 0) is 43.7 Å². The van der Waals surface area contributed by atoms with Crippen LogP contribution in [0.2, 0.25) is 0 Å². The maximum absolute atomic E-state index is 5.43. The summed E-state index contributed by atoms with van der Waals surface area (Å²) in [4.78, 5) is 4.35. The number of pyridine rings is 1. The van der Waals surface area contributed by atoms with Crippen LogP contribution in [0, 0.1) is 0 Å². The zero-order chi connectivity index (χ0) is 13.5. The molecule has 0 bridgehead atoms. The van der Waals surface area contributed by atoms with E-state index in [-0.39, 0.29) is 6.04 Å². The Morgan fingerprint density at radius 3 is 2.58 bits per heavy atom. The van der Waals surface area contributed by atoms with Crippen molar-refractivity contribution in [2.24, 2.45) is 0 Å². The van der Waals surface area contributed by atoms with Gasteiger partial charge in [0.15, 0.2) is 0 Å². The number of rotatable bonds is 6. The van der Waals surface area contributed by atoms with Gasteiger partial charge in [-0.1, -0.05) is 18.2 Å². The Morgan fingerprint density at radius 1 is 1.16 bits per heavy atom. The molecule has 0 aliphatic carbocycles. The molecule has 1 aromatic heterocycles. The summed E-state index contributed by atoms with van der Waals surface area (Å²) in [6.07, 6.45) is 1.82. The van der Waals surface area contributed by atoms with Crippen LogP contribution in [-0.2, 0) is 6.54 Å². The van der Waals surface area contributed by atoms with Gasteiger partial charge < -0.3 is 10.1 Å². The molecule has 0 saturated heterocycles. The molecule has 0 spiro atoms. The van der Waals surface area contributed by atoms with Gasteiger partial charge in [0.05, 0.1) is 12.3 Å². The quantitative estimate of drug-likeness (QED) is 0.860. The second-order valence-electron chi connectivity index (χ2n) is 4.43. The maximum Gasteiger partial charge on any atom is 0.119 e. The van der Waals surface area contributed by atoms with E-state index in [1.807, 2.05) is 43.5 Å². The normalized spacial score (nSPS) is 12.1. The lowest BCUT2D eigenvalue weighted by Crippen LogP contribution is -2.18. The molecule has 3 nitrogen and oxygen atoms in total. The van der Waals surface area contributed by atoms with Crippen molar-refractivity contribution in [2.75, 3.05) is 6.61 Å². The highest BCUT2D eigenvalue weighted by Crippen LogP contribution is 2.13. The van der Waals surface area contributed by atoms with Crippen LogP contribution >= 0.6 is 0 Å². The van der Waals surface area contributed by atoms with E-state index >= 15 is 0 Å². The Bertz CT molecular complexity index is 482. The van der Waals surface area contributed by atoms with Crippen LogP contribution in [0.1, 0.15) is 31.1 Å². The van der Waals surface area contributed by atoms with Crippen molar-refractivity contribution in [1.82, 2.24) is 10.3 Å². The van der Waals surface area contributed by atoms with Crippen LogP contribution in [0.3, 0.4) is 0 Å². The minimum Gasteiger partial charge on any atom is -0.494 e. The molecule has 19 heavy (non-hydrogen) atoms. The number of benzene rings is 1. The van der Waals surface area contributed by atoms with E-state index in [1.165, 1.54) is 5.56 Å². The van der Waals surface area contributed by atoms with Crippen molar-refractivity contribution in [3.63, 3.8) is 0 Å². The third-order valence-corrected chi connectivity index (χ3v) is 2.98. The molecule has 0 saturated carbocycles. The topological polar surface area (TPSA) is 34.1 Å². The van der Waals surface area contributed by atoms with E-state index in [1.54, 1.807) is 0 Å². The molecule has 1 heterocycles. The summed E-state index contributed by atoms with van der Waals surface area (Å²) >= 11 is 0. The SMILES string of the molecule is CCOc1ccc(CN[C@@H](C)c2ccccn2)cc1. The van der Waals surface area contributed by atoms with Crippen molar-refractivity contribution in [2.45, 2.75) is 26.4 Å². The third kappa shape index (κ3) is 4.07. The first kappa shape index (κ1) is 13.6. The molecular weight excluding hydrogens is 236 g/mol. The molecule has 3 heteroatoms. The average molecular weight is 256 g/mol. The summed E-state index contributed by atoms with van der Waals surface area (Å²) < 4.78 is 5.43. The second-order valence-corrected chi connectivity index (χ2v) is 4.43. The van der Waals surface area contributed by atoms with Crippen LogP contribution in [0.4, 0.5) is 0 Å². The average Bonchev–Trinajstić information content (AvgIpc) is 2.47. The Morgan fingerprint density at radius 2 is 1.95 bits per heavy atom. The van der Waals surface area contributed by atoms with Gasteiger partial charge in [0.2, 0.25) is 0 Å². The summed E-state index contributed by atoms with van der Waals surface area (Å²) in [7, 11) is 0. The first-order valence-corrected chi connectivity index (χ1v) is 6.65. The largest absolute Gasteiger partial charge is 0.494 e. The van der Waals surface area contributed by atoms with Crippen molar-refractivity contribution >= 4 is 0 Å². The van der Waals surface area contributed by atoms with Crippen molar-refractivity contribution in [1.29, 1.82) is 0 Å².